The Kier molecular flexibility index (Phi) is 4.69. The van der Waals surface area contributed by atoms with Gasteiger partial charge < -0.3 is 9.47 Å². The Balaban J connectivity index is 2.14. The van der Waals surface area contributed by atoms with Gasteiger partial charge in [-0.05, 0) is 25.8 Å². The van der Waals surface area contributed by atoms with E-state index in [1.54, 1.807) is 0 Å². The Labute approximate surface area is 128 Å². The molecule has 2 atom stereocenters. The first-order valence-electron chi connectivity index (χ1n) is 6.20. The zero-order chi connectivity index (χ0) is 14.1. The van der Waals surface area contributed by atoms with Gasteiger partial charge in [-0.3, -0.25) is 0 Å². The second-order valence-electron chi connectivity index (χ2n) is 5.24. The van der Waals surface area contributed by atoms with Crippen molar-refractivity contribution in [3.63, 3.8) is 0 Å². The first kappa shape index (κ1) is 15.4. The van der Waals surface area contributed by atoms with Gasteiger partial charge in [0.25, 0.3) is 0 Å². The minimum Gasteiger partial charge on any atom is -0.350 e. The number of alkyl halides is 3. The van der Waals surface area contributed by atoms with E-state index >= 15 is 0 Å². The molecule has 0 bridgehead atoms. The van der Waals surface area contributed by atoms with Gasteiger partial charge in [-0.1, -0.05) is 65.1 Å². The summed E-state index contributed by atoms with van der Waals surface area (Å²) in [5.41, 5.74) is 1.18. The standard InChI is InChI=1S/C14H17Cl3O2/c1-13(2)18-9-11(12(19-13)14(15,16)17)8-10-6-4-3-5-7-10/h3-7,11-12H,8-9H2,1-2H3/t11-,12-/m1/s1. The summed E-state index contributed by atoms with van der Waals surface area (Å²) in [7, 11) is 0. The van der Waals surface area contributed by atoms with Crippen LogP contribution < -0.4 is 0 Å². The van der Waals surface area contributed by atoms with E-state index in [0.29, 0.717) is 6.61 Å². The maximum absolute atomic E-state index is 6.05. The predicted octanol–water partition coefficient (Wildman–Crippen LogP) is 4.37. The van der Waals surface area contributed by atoms with Gasteiger partial charge in [0.05, 0.1) is 6.61 Å². The molecule has 5 heteroatoms. The van der Waals surface area contributed by atoms with E-state index in [0.717, 1.165) is 6.42 Å². The third kappa shape index (κ3) is 4.24. The summed E-state index contributed by atoms with van der Waals surface area (Å²) >= 11 is 18.2. The molecule has 1 fully saturated rings. The molecule has 0 unspecified atom stereocenters. The van der Waals surface area contributed by atoms with Gasteiger partial charge in [0.1, 0.15) is 6.10 Å². The van der Waals surface area contributed by atoms with Crippen molar-refractivity contribution in [1.29, 1.82) is 0 Å². The predicted molar refractivity (Wildman–Crippen MR) is 78.8 cm³/mol. The molecule has 0 aromatic heterocycles. The van der Waals surface area contributed by atoms with Gasteiger partial charge in [-0.25, -0.2) is 0 Å². The summed E-state index contributed by atoms with van der Waals surface area (Å²) in [4.78, 5) is 0. The first-order chi connectivity index (χ1) is 8.78. The highest BCUT2D eigenvalue weighted by atomic mass is 35.6. The second kappa shape index (κ2) is 5.79. The van der Waals surface area contributed by atoms with Crippen LogP contribution in [0.15, 0.2) is 30.3 Å². The Morgan fingerprint density at radius 1 is 1.21 bits per heavy atom. The van der Waals surface area contributed by atoms with E-state index in [2.05, 4.69) is 12.1 Å². The van der Waals surface area contributed by atoms with E-state index in [9.17, 15) is 0 Å². The molecule has 1 aromatic carbocycles. The largest absolute Gasteiger partial charge is 0.350 e. The average Bonchev–Trinajstić information content (AvgIpc) is 2.31. The van der Waals surface area contributed by atoms with Crippen molar-refractivity contribution in [1.82, 2.24) is 0 Å². The Morgan fingerprint density at radius 2 is 1.84 bits per heavy atom. The van der Waals surface area contributed by atoms with Crippen LogP contribution in [0.2, 0.25) is 0 Å². The fraction of sp³-hybridized carbons (Fsp3) is 0.571. The molecule has 0 N–H and O–H groups in total. The summed E-state index contributed by atoms with van der Waals surface area (Å²) in [6.45, 7) is 4.17. The molecule has 0 amide bonds. The number of halogens is 3. The lowest BCUT2D eigenvalue weighted by Gasteiger charge is -2.43. The summed E-state index contributed by atoms with van der Waals surface area (Å²) in [6, 6.07) is 10.1. The van der Waals surface area contributed by atoms with E-state index < -0.39 is 15.7 Å². The van der Waals surface area contributed by atoms with E-state index in [1.807, 2.05) is 32.0 Å². The molecular weight excluding hydrogens is 307 g/mol. The number of benzene rings is 1. The summed E-state index contributed by atoms with van der Waals surface area (Å²) in [6.07, 6.45) is 0.275. The fourth-order valence-electron chi connectivity index (χ4n) is 2.25. The lowest BCUT2D eigenvalue weighted by atomic mass is 9.94. The minimum atomic E-state index is -1.46. The molecule has 0 spiro atoms. The van der Waals surface area contributed by atoms with E-state index in [-0.39, 0.29) is 5.92 Å². The van der Waals surface area contributed by atoms with Crippen LogP contribution in [0.25, 0.3) is 0 Å². The summed E-state index contributed by atoms with van der Waals surface area (Å²) in [5.74, 6) is -0.704. The van der Waals surface area contributed by atoms with Crippen LogP contribution in [0.4, 0.5) is 0 Å². The normalized spacial score (nSPS) is 27.2. The first-order valence-corrected chi connectivity index (χ1v) is 7.34. The fourth-order valence-corrected chi connectivity index (χ4v) is 2.92. The Morgan fingerprint density at radius 3 is 2.42 bits per heavy atom. The third-order valence-electron chi connectivity index (χ3n) is 3.15. The van der Waals surface area contributed by atoms with Crippen molar-refractivity contribution >= 4 is 34.8 Å². The van der Waals surface area contributed by atoms with Crippen LogP contribution >= 0.6 is 34.8 Å². The van der Waals surface area contributed by atoms with Gasteiger partial charge in [0, 0.05) is 5.92 Å². The topological polar surface area (TPSA) is 18.5 Å². The number of rotatable bonds is 2. The van der Waals surface area contributed by atoms with Crippen molar-refractivity contribution in [3.8, 4) is 0 Å². The maximum Gasteiger partial charge on any atom is 0.216 e. The van der Waals surface area contributed by atoms with Crippen LogP contribution in [0, 0.1) is 5.92 Å². The quantitative estimate of drug-likeness (QED) is 0.753. The van der Waals surface area contributed by atoms with Crippen molar-refractivity contribution in [2.24, 2.45) is 5.92 Å². The van der Waals surface area contributed by atoms with Gasteiger partial charge in [-0.15, -0.1) is 0 Å². The highest BCUT2D eigenvalue weighted by Crippen LogP contribution is 2.42. The lowest BCUT2D eigenvalue weighted by Crippen LogP contribution is -2.51. The minimum absolute atomic E-state index is 0.0166. The molecule has 0 radical (unpaired) electrons. The molecule has 0 aliphatic carbocycles. The molecule has 19 heavy (non-hydrogen) atoms. The van der Waals surface area contributed by atoms with Crippen molar-refractivity contribution in [3.05, 3.63) is 35.9 Å². The average molecular weight is 324 g/mol. The van der Waals surface area contributed by atoms with Crippen molar-refractivity contribution < 1.29 is 9.47 Å². The lowest BCUT2D eigenvalue weighted by molar-refractivity contribution is -0.291. The molecule has 2 rings (SSSR count). The zero-order valence-electron chi connectivity index (χ0n) is 10.9. The number of hydrogen-bond acceptors (Lipinski definition) is 2. The molecule has 2 nitrogen and oxygen atoms in total. The SMILES string of the molecule is CC1(C)OC[C@@H](Cc2ccccc2)[C@H](C(Cl)(Cl)Cl)O1. The van der Waals surface area contributed by atoms with Gasteiger partial charge in [0.15, 0.2) is 5.79 Å². The smallest absolute Gasteiger partial charge is 0.216 e. The molecule has 0 saturated carbocycles. The van der Waals surface area contributed by atoms with Crippen molar-refractivity contribution in [2.45, 2.75) is 36.0 Å². The maximum atomic E-state index is 6.05. The van der Waals surface area contributed by atoms with E-state index in [4.69, 9.17) is 44.3 Å². The molecular formula is C14H17Cl3O2. The Hall–Kier alpha value is 0.01000. The Bertz CT molecular complexity index is 414. The molecule has 1 aromatic rings. The van der Waals surface area contributed by atoms with Gasteiger partial charge in [0.2, 0.25) is 3.79 Å². The monoisotopic (exact) mass is 322 g/mol. The van der Waals surface area contributed by atoms with Gasteiger partial charge in [-0.2, -0.15) is 0 Å². The van der Waals surface area contributed by atoms with Crippen LogP contribution in [0.3, 0.4) is 0 Å². The third-order valence-corrected chi connectivity index (χ3v) is 3.79. The zero-order valence-corrected chi connectivity index (χ0v) is 13.2. The summed E-state index contributed by atoms with van der Waals surface area (Å²) in [5, 5.41) is 0. The van der Waals surface area contributed by atoms with Crippen molar-refractivity contribution in [2.75, 3.05) is 6.61 Å². The van der Waals surface area contributed by atoms with E-state index in [1.165, 1.54) is 5.56 Å². The molecule has 1 aliphatic rings. The van der Waals surface area contributed by atoms with Gasteiger partial charge >= 0.3 is 0 Å². The van der Waals surface area contributed by atoms with Crippen LogP contribution in [0.5, 0.6) is 0 Å². The van der Waals surface area contributed by atoms with Crippen LogP contribution in [0.1, 0.15) is 19.4 Å². The highest BCUT2D eigenvalue weighted by molar-refractivity contribution is 6.68. The summed E-state index contributed by atoms with van der Waals surface area (Å²) < 4.78 is 10.0. The molecule has 1 heterocycles. The number of hydrogen-bond donors (Lipinski definition) is 0. The molecule has 1 aliphatic heterocycles. The second-order valence-corrected chi connectivity index (χ2v) is 7.61. The van der Waals surface area contributed by atoms with Crippen LogP contribution in [-0.4, -0.2) is 22.3 Å². The number of ether oxygens (including phenoxy) is 2. The molecule has 106 valence electrons. The highest BCUT2D eigenvalue weighted by Gasteiger charge is 2.46. The van der Waals surface area contributed by atoms with Crippen LogP contribution in [-0.2, 0) is 15.9 Å². The molecule has 1 saturated heterocycles.